The van der Waals surface area contributed by atoms with Gasteiger partial charge in [0.1, 0.15) is 16.7 Å². The number of nitrogens with zero attached hydrogens (tertiary/aromatic N) is 1. The van der Waals surface area contributed by atoms with Crippen molar-refractivity contribution in [2.45, 2.75) is 31.7 Å². The lowest BCUT2D eigenvalue weighted by Crippen LogP contribution is -2.47. The van der Waals surface area contributed by atoms with Crippen molar-refractivity contribution in [1.29, 1.82) is 0 Å². The van der Waals surface area contributed by atoms with Gasteiger partial charge in [0, 0.05) is 11.6 Å². The molecule has 30 heavy (non-hydrogen) atoms. The van der Waals surface area contributed by atoms with Gasteiger partial charge in [-0.3, -0.25) is 9.78 Å². The Bertz CT molecular complexity index is 1140. The van der Waals surface area contributed by atoms with E-state index in [0.717, 1.165) is 0 Å². The Morgan fingerprint density at radius 1 is 1.07 bits per heavy atom. The van der Waals surface area contributed by atoms with E-state index in [-0.39, 0.29) is 10.8 Å². The van der Waals surface area contributed by atoms with Crippen LogP contribution in [0.15, 0.2) is 65.7 Å². The van der Waals surface area contributed by atoms with E-state index in [2.05, 4.69) is 15.0 Å². The Morgan fingerprint density at radius 2 is 1.80 bits per heavy atom. The maximum atomic E-state index is 13.1. The Morgan fingerprint density at radius 3 is 2.53 bits per heavy atom. The van der Waals surface area contributed by atoms with E-state index in [1.807, 2.05) is 6.92 Å². The van der Waals surface area contributed by atoms with Crippen molar-refractivity contribution in [1.82, 2.24) is 9.71 Å². The minimum absolute atomic E-state index is 0.0359. The summed E-state index contributed by atoms with van der Waals surface area (Å²) in [5.41, 5.74) is 0.845. The van der Waals surface area contributed by atoms with Gasteiger partial charge in [0.15, 0.2) is 0 Å². The number of hydrogen-bond donors (Lipinski definition) is 2. The minimum atomic E-state index is -3.99. The summed E-state index contributed by atoms with van der Waals surface area (Å²) in [6.45, 7) is 5.86. The van der Waals surface area contributed by atoms with Gasteiger partial charge in [0.25, 0.3) is 0 Å². The van der Waals surface area contributed by atoms with Gasteiger partial charge in [-0.25, -0.2) is 8.42 Å². The Balaban J connectivity index is 1.89. The molecule has 0 saturated heterocycles. The number of pyridine rings is 1. The molecule has 0 bridgehead atoms. The minimum Gasteiger partial charge on any atom is -0.492 e. The number of hydrogen-bond acceptors (Lipinski definition) is 5. The van der Waals surface area contributed by atoms with Crippen molar-refractivity contribution in [3.63, 3.8) is 0 Å². The summed E-state index contributed by atoms with van der Waals surface area (Å²) in [4.78, 5) is 17.2. The Kier molecular flexibility index (Phi) is 6.69. The maximum absolute atomic E-state index is 13.1. The van der Waals surface area contributed by atoms with Crippen LogP contribution in [-0.2, 0) is 14.8 Å². The van der Waals surface area contributed by atoms with E-state index in [0.29, 0.717) is 28.9 Å². The molecule has 1 heterocycles. The molecule has 0 aliphatic heterocycles. The molecule has 0 fully saturated rings. The van der Waals surface area contributed by atoms with Gasteiger partial charge >= 0.3 is 0 Å². The SMILES string of the molecule is CCOc1ccccc1NC(=O)C(NS(=O)(=O)c1cccc2cccnc12)C(C)C. The van der Waals surface area contributed by atoms with Crippen molar-refractivity contribution < 1.29 is 17.9 Å². The zero-order valence-electron chi connectivity index (χ0n) is 17.1. The highest BCUT2D eigenvalue weighted by atomic mass is 32.2. The first kappa shape index (κ1) is 21.7. The van der Waals surface area contributed by atoms with Crippen LogP contribution in [0.5, 0.6) is 5.75 Å². The zero-order chi connectivity index (χ0) is 21.7. The topological polar surface area (TPSA) is 97.4 Å². The first-order chi connectivity index (χ1) is 14.3. The van der Waals surface area contributed by atoms with E-state index in [4.69, 9.17) is 4.74 Å². The van der Waals surface area contributed by atoms with Gasteiger partial charge in [-0.2, -0.15) is 4.72 Å². The highest BCUT2D eigenvalue weighted by Crippen LogP contribution is 2.25. The summed E-state index contributed by atoms with van der Waals surface area (Å²) >= 11 is 0. The van der Waals surface area contributed by atoms with E-state index in [1.165, 1.54) is 6.07 Å². The van der Waals surface area contributed by atoms with E-state index in [9.17, 15) is 13.2 Å². The molecule has 3 rings (SSSR count). The molecular weight excluding hydrogens is 402 g/mol. The second-order valence-corrected chi connectivity index (χ2v) is 8.78. The molecule has 0 saturated carbocycles. The average molecular weight is 428 g/mol. The Hall–Kier alpha value is -2.97. The van der Waals surface area contributed by atoms with Crippen LogP contribution in [0.3, 0.4) is 0 Å². The molecule has 0 aliphatic carbocycles. The Labute approximate surface area is 176 Å². The molecule has 1 aromatic heterocycles. The van der Waals surface area contributed by atoms with E-state index < -0.39 is 22.0 Å². The van der Waals surface area contributed by atoms with Gasteiger partial charge in [0.2, 0.25) is 15.9 Å². The van der Waals surface area contributed by atoms with Crippen molar-refractivity contribution in [2.75, 3.05) is 11.9 Å². The van der Waals surface area contributed by atoms with Crippen LogP contribution in [0.25, 0.3) is 10.9 Å². The summed E-state index contributed by atoms with van der Waals surface area (Å²) in [7, 11) is -3.99. The van der Waals surface area contributed by atoms with Gasteiger partial charge in [0.05, 0.1) is 17.8 Å². The fourth-order valence-corrected chi connectivity index (χ4v) is 4.60. The van der Waals surface area contributed by atoms with Crippen LogP contribution in [0.1, 0.15) is 20.8 Å². The normalized spacial score (nSPS) is 12.7. The summed E-state index contributed by atoms with van der Waals surface area (Å²) in [5, 5.41) is 3.49. The zero-order valence-corrected chi connectivity index (χ0v) is 17.9. The second-order valence-electron chi connectivity index (χ2n) is 7.09. The highest BCUT2D eigenvalue weighted by molar-refractivity contribution is 7.89. The molecule has 0 aliphatic rings. The van der Waals surface area contributed by atoms with E-state index in [1.54, 1.807) is 68.6 Å². The number of aromatic nitrogens is 1. The van der Waals surface area contributed by atoms with Crippen LogP contribution < -0.4 is 14.8 Å². The number of ether oxygens (including phenoxy) is 1. The fraction of sp³-hybridized carbons (Fsp3) is 0.273. The molecule has 0 radical (unpaired) electrons. The number of carbonyl (C=O) groups is 1. The molecule has 8 heteroatoms. The molecule has 2 N–H and O–H groups in total. The van der Waals surface area contributed by atoms with Crippen LogP contribution in [0.2, 0.25) is 0 Å². The number of sulfonamides is 1. The number of rotatable bonds is 8. The summed E-state index contributed by atoms with van der Waals surface area (Å²) in [6.07, 6.45) is 1.54. The molecule has 3 aromatic rings. The molecule has 1 amide bonds. The van der Waals surface area contributed by atoms with Crippen molar-refractivity contribution in [3.05, 3.63) is 60.8 Å². The van der Waals surface area contributed by atoms with Gasteiger partial charge in [-0.15, -0.1) is 0 Å². The van der Waals surface area contributed by atoms with Crippen LogP contribution >= 0.6 is 0 Å². The molecule has 1 unspecified atom stereocenters. The number of nitrogens with one attached hydrogen (secondary N) is 2. The third kappa shape index (κ3) is 4.77. The quantitative estimate of drug-likeness (QED) is 0.573. The van der Waals surface area contributed by atoms with E-state index >= 15 is 0 Å². The van der Waals surface area contributed by atoms with Gasteiger partial charge in [-0.05, 0) is 37.1 Å². The molecular formula is C22H25N3O4S. The van der Waals surface area contributed by atoms with Crippen molar-refractivity contribution in [2.24, 2.45) is 5.92 Å². The third-order valence-corrected chi connectivity index (χ3v) is 6.03. The number of anilines is 1. The molecule has 2 aromatic carbocycles. The fourth-order valence-electron chi connectivity index (χ4n) is 3.08. The lowest BCUT2D eigenvalue weighted by atomic mass is 10.0. The highest BCUT2D eigenvalue weighted by Gasteiger charge is 2.30. The van der Waals surface area contributed by atoms with Gasteiger partial charge < -0.3 is 10.1 Å². The van der Waals surface area contributed by atoms with Crippen LogP contribution in [0, 0.1) is 5.92 Å². The molecule has 7 nitrogen and oxygen atoms in total. The molecule has 158 valence electrons. The summed E-state index contributed by atoms with van der Waals surface area (Å²) in [5.74, 6) is -0.229. The number of amides is 1. The summed E-state index contributed by atoms with van der Waals surface area (Å²) in [6, 6.07) is 14.5. The lowest BCUT2D eigenvalue weighted by Gasteiger charge is -2.22. The van der Waals surface area contributed by atoms with Crippen LogP contribution in [0.4, 0.5) is 5.69 Å². The summed E-state index contributed by atoms with van der Waals surface area (Å²) < 4.78 is 34.4. The lowest BCUT2D eigenvalue weighted by molar-refractivity contribution is -0.118. The van der Waals surface area contributed by atoms with Gasteiger partial charge in [-0.1, -0.05) is 44.2 Å². The number of para-hydroxylation sites is 3. The van der Waals surface area contributed by atoms with Crippen molar-refractivity contribution in [3.8, 4) is 5.75 Å². The average Bonchev–Trinajstić information content (AvgIpc) is 2.73. The monoisotopic (exact) mass is 427 g/mol. The number of fused-ring (bicyclic) bond motifs is 1. The molecule has 0 spiro atoms. The second kappa shape index (κ2) is 9.23. The van der Waals surface area contributed by atoms with Crippen molar-refractivity contribution >= 4 is 32.5 Å². The van der Waals surface area contributed by atoms with Crippen LogP contribution in [-0.4, -0.2) is 32.0 Å². The first-order valence-corrected chi connectivity index (χ1v) is 11.2. The maximum Gasteiger partial charge on any atom is 0.243 e. The number of carbonyl (C=O) groups excluding carboxylic acids is 1. The smallest absolute Gasteiger partial charge is 0.243 e. The largest absolute Gasteiger partial charge is 0.492 e. The first-order valence-electron chi connectivity index (χ1n) is 9.72. The predicted octanol–water partition coefficient (Wildman–Crippen LogP) is 3.58. The molecule has 1 atom stereocenters. The predicted molar refractivity (Wildman–Crippen MR) is 117 cm³/mol. The number of benzene rings is 2. The third-order valence-electron chi connectivity index (χ3n) is 4.56. The standard InChI is InChI=1S/C22H25N3O4S/c1-4-29-18-12-6-5-11-17(18)24-22(26)20(15(2)3)25-30(27,28)19-13-7-9-16-10-8-14-23-21(16)19/h5-15,20,25H,4H2,1-3H3,(H,24,26).